The van der Waals surface area contributed by atoms with E-state index in [9.17, 15) is 19.8 Å². The van der Waals surface area contributed by atoms with Crippen LogP contribution in [0.5, 0.6) is 11.5 Å². The van der Waals surface area contributed by atoms with Gasteiger partial charge < -0.3 is 19.7 Å². The van der Waals surface area contributed by atoms with Gasteiger partial charge in [-0.15, -0.1) is 0 Å². The molecule has 0 aliphatic rings. The van der Waals surface area contributed by atoms with Crippen LogP contribution in [0.4, 0.5) is 11.4 Å². The predicted molar refractivity (Wildman–Crippen MR) is 164 cm³/mol. The van der Waals surface area contributed by atoms with Crippen molar-refractivity contribution in [2.24, 2.45) is 9.98 Å². The first kappa shape index (κ1) is 31.6. The SMILES string of the molecule is CCCCOC(=O)c1ccc([O-])c(N=Cc2cc(C=Nc3cc(C(=O)OCCCC)ccc3[O-])nc(-c3ccccc3)n2)c1. The Kier molecular flexibility index (Phi) is 11.3. The molecule has 0 aliphatic carbocycles. The lowest BCUT2D eigenvalue weighted by atomic mass is 10.2. The topological polar surface area (TPSA) is 149 Å². The zero-order chi connectivity index (χ0) is 31.3. The molecule has 1 aromatic heterocycles. The summed E-state index contributed by atoms with van der Waals surface area (Å²) in [6.45, 7) is 4.57. The fourth-order valence-corrected chi connectivity index (χ4v) is 3.88. The number of hydrogen-bond donors (Lipinski definition) is 0. The number of rotatable bonds is 13. The molecule has 0 amide bonds. The van der Waals surface area contributed by atoms with Crippen molar-refractivity contribution < 1.29 is 29.3 Å². The highest BCUT2D eigenvalue weighted by Crippen LogP contribution is 2.27. The first-order valence-electron chi connectivity index (χ1n) is 14.4. The van der Waals surface area contributed by atoms with Gasteiger partial charge in [0.1, 0.15) is 0 Å². The van der Waals surface area contributed by atoms with Crippen LogP contribution in [0.2, 0.25) is 0 Å². The maximum Gasteiger partial charge on any atom is 0.338 e. The Morgan fingerprint density at radius 2 is 1.18 bits per heavy atom. The van der Waals surface area contributed by atoms with Gasteiger partial charge in [0, 0.05) is 5.56 Å². The summed E-state index contributed by atoms with van der Waals surface area (Å²) in [5.74, 6) is -1.44. The van der Waals surface area contributed by atoms with E-state index in [4.69, 9.17) is 9.47 Å². The number of unbranched alkanes of at least 4 members (excludes halogenated alkanes) is 2. The number of nitrogens with zero attached hydrogens (tertiary/aromatic N) is 4. The Bertz CT molecular complexity index is 1550. The van der Waals surface area contributed by atoms with Gasteiger partial charge in [0.25, 0.3) is 0 Å². The monoisotopic (exact) mass is 592 g/mol. The Hall–Kier alpha value is -5.38. The molecule has 0 radical (unpaired) electrons. The summed E-state index contributed by atoms with van der Waals surface area (Å²) in [6, 6.07) is 18.9. The molecule has 0 N–H and O–H groups in total. The molecule has 10 nitrogen and oxygen atoms in total. The summed E-state index contributed by atoms with van der Waals surface area (Å²) < 4.78 is 10.5. The number of ether oxygens (including phenoxy) is 2. The third-order valence-electron chi connectivity index (χ3n) is 6.32. The highest BCUT2D eigenvalue weighted by atomic mass is 16.5. The average molecular weight is 593 g/mol. The van der Waals surface area contributed by atoms with Crippen molar-refractivity contribution in [1.82, 2.24) is 9.97 Å². The average Bonchev–Trinajstić information content (AvgIpc) is 3.04. The molecular formula is C34H32N4O6-2. The molecule has 226 valence electrons. The van der Waals surface area contributed by atoms with E-state index < -0.39 is 11.9 Å². The van der Waals surface area contributed by atoms with Gasteiger partial charge in [-0.1, -0.05) is 80.7 Å². The predicted octanol–water partition coefficient (Wildman–Crippen LogP) is 5.71. The quantitative estimate of drug-likeness (QED) is 0.109. The molecule has 1 heterocycles. The minimum Gasteiger partial charge on any atom is -0.871 e. The summed E-state index contributed by atoms with van der Waals surface area (Å²) in [7, 11) is 0. The Balaban J connectivity index is 1.64. The normalized spacial score (nSPS) is 11.2. The van der Waals surface area contributed by atoms with Gasteiger partial charge in [0.05, 0.1) is 59.5 Å². The van der Waals surface area contributed by atoms with Gasteiger partial charge in [-0.2, -0.15) is 0 Å². The maximum absolute atomic E-state index is 12.5. The van der Waals surface area contributed by atoms with Crippen molar-refractivity contribution in [3.8, 4) is 22.9 Å². The summed E-state index contributed by atoms with van der Waals surface area (Å²) in [5, 5.41) is 25.0. The van der Waals surface area contributed by atoms with Crippen molar-refractivity contribution in [3.63, 3.8) is 0 Å². The zero-order valence-corrected chi connectivity index (χ0v) is 24.6. The molecule has 0 spiro atoms. The minimum atomic E-state index is -0.530. The van der Waals surface area contributed by atoms with Crippen LogP contribution in [0.15, 0.2) is 82.8 Å². The minimum absolute atomic E-state index is 0.0451. The third-order valence-corrected chi connectivity index (χ3v) is 6.32. The van der Waals surface area contributed by atoms with E-state index in [1.807, 2.05) is 44.2 Å². The number of carbonyl (C=O) groups excluding carboxylic acids is 2. The Morgan fingerprint density at radius 3 is 1.64 bits per heavy atom. The Morgan fingerprint density at radius 1 is 0.705 bits per heavy atom. The summed E-state index contributed by atoms with van der Waals surface area (Å²) in [4.78, 5) is 42.5. The van der Waals surface area contributed by atoms with Crippen LogP contribution in [0.1, 0.15) is 71.6 Å². The first-order chi connectivity index (χ1) is 21.4. The second-order valence-corrected chi connectivity index (χ2v) is 9.77. The molecule has 0 atom stereocenters. The molecular weight excluding hydrogens is 560 g/mol. The van der Waals surface area contributed by atoms with Gasteiger partial charge in [0.15, 0.2) is 5.82 Å². The second kappa shape index (κ2) is 15.7. The van der Waals surface area contributed by atoms with Crippen molar-refractivity contribution in [1.29, 1.82) is 0 Å². The van der Waals surface area contributed by atoms with Crippen LogP contribution in [0, 0.1) is 0 Å². The molecule has 10 heteroatoms. The van der Waals surface area contributed by atoms with Gasteiger partial charge in [-0.05, 0) is 43.2 Å². The van der Waals surface area contributed by atoms with E-state index in [1.165, 1.54) is 48.8 Å². The van der Waals surface area contributed by atoms with Gasteiger partial charge in [0.2, 0.25) is 0 Å². The molecule has 0 unspecified atom stereocenters. The number of carbonyl (C=O) groups is 2. The fourth-order valence-electron chi connectivity index (χ4n) is 3.88. The highest BCUT2D eigenvalue weighted by molar-refractivity contribution is 5.93. The molecule has 0 fully saturated rings. The van der Waals surface area contributed by atoms with E-state index in [0.29, 0.717) is 30.4 Å². The van der Waals surface area contributed by atoms with Crippen LogP contribution in [-0.4, -0.2) is 47.5 Å². The van der Waals surface area contributed by atoms with Crippen LogP contribution in [-0.2, 0) is 9.47 Å². The highest BCUT2D eigenvalue weighted by Gasteiger charge is 2.10. The van der Waals surface area contributed by atoms with Crippen molar-refractivity contribution in [2.75, 3.05) is 13.2 Å². The zero-order valence-electron chi connectivity index (χ0n) is 24.6. The van der Waals surface area contributed by atoms with Gasteiger partial charge in [-0.25, -0.2) is 19.6 Å². The maximum atomic E-state index is 12.5. The molecule has 3 aromatic carbocycles. The standard InChI is InChI=1S/C34H34N4O6/c1-3-5-16-43-33(41)24-12-14-30(39)28(18-24)35-21-26-20-27(38-32(37-26)23-10-8-7-9-11-23)22-36-29-19-25(13-15-31(29)40)34(42)44-17-6-4-2/h7-15,18-22,39-40H,3-6,16-17H2,1-2H3/p-2. The summed E-state index contributed by atoms with van der Waals surface area (Å²) >= 11 is 0. The molecule has 0 aliphatic heterocycles. The number of aromatic nitrogens is 2. The number of esters is 2. The molecule has 44 heavy (non-hydrogen) atoms. The van der Waals surface area contributed by atoms with Crippen LogP contribution >= 0.6 is 0 Å². The first-order valence-corrected chi connectivity index (χ1v) is 14.4. The van der Waals surface area contributed by atoms with E-state index in [1.54, 1.807) is 6.07 Å². The number of hydrogen-bond acceptors (Lipinski definition) is 10. The second-order valence-electron chi connectivity index (χ2n) is 9.77. The number of benzene rings is 3. The third kappa shape index (κ3) is 8.81. The fraction of sp³-hybridized carbons (Fsp3) is 0.235. The van der Waals surface area contributed by atoms with Crippen molar-refractivity contribution in [3.05, 3.63) is 95.3 Å². The van der Waals surface area contributed by atoms with Crippen molar-refractivity contribution in [2.45, 2.75) is 39.5 Å². The largest absolute Gasteiger partial charge is 0.871 e. The molecule has 0 saturated carbocycles. The lowest BCUT2D eigenvalue weighted by Gasteiger charge is -2.12. The lowest BCUT2D eigenvalue weighted by Crippen LogP contribution is -2.06. The summed E-state index contributed by atoms with van der Waals surface area (Å²) in [6.07, 6.45) is 6.04. The lowest BCUT2D eigenvalue weighted by molar-refractivity contribution is -0.267. The van der Waals surface area contributed by atoms with Crippen molar-refractivity contribution >= 4 is 35.7 Å². The molecule has 0 saturated heterocycles. The van der Waals surface area contributed by atoms with E-state index in [0.717, 1.165) is 31.2 Å². The van der Waals surface area contributed by atoms with E-state index >= 15 is 0 Å². The number of aliphatic imine (C=N–C) groups is 2. The van der Waals surface area contributed by atoms with E-state index in [2.05, 4.69) is 20.0 Å². The van der Waals surface area contributed by atoms with Crippen LogP contribution < -0.4 is 10.2 Å². The molecule has 4 aromatic rings. The molecule has 0 bridgehead atoms. The van der Waals surface area contributed by atoms with Crippen LogP contribution in [0.25, 0.3) is 11.4 Å². The Labute approximate surface area is 255 Å². The van der Waals surface area contributed by atoms with Gasteiger partial charge >= 0.3 is 11.9 Å². The molecule has 4 rings (SSSR count). The summed E-state index contributed by atoms with van der Waals surface area (Å²) in [5.41, 5.74) is 1.96. The smallest absolute Gasteiger partial charge is 0.338 e. The van der Waals surface area contributed by atoms with Crippen LogP contribution in [0.3, 0.4) is 0 Å². The van der Waals surface area contributed by atoms with E-state index in [-0.39, 0.29) is 34.0 Å². The van der Waals surface area contributed by atoms with Gasteiger partial charge in [-0.3, -0.25) is 9.98 Å².